The Morgan fingerprint density at radius 1 is 0.935 bits per heavy atom. The summed E-state index contributed by atoms with van der Waals surface area (Å²) in [6.45, 7) is 12.0. The Morgan fingerprint density at radius 3 is 2.45 bits per heavy atom. The van der Waals surface area contributed by atoms with E-state index in [1.54, 1.807) is 52.9 Å². The first-order chi connectivity index (χ1) is 29.8. The van der Waals surface area contributed by atoms with Gasteiger partial charge in [-0.2, -0.15) is 21.4 Å². The van der Waals surface area contributed by atoms with Gasteiger partial charge >= 0.3 is 0 Å². The van der Waals surface area contributed by atoms with E-state index >= 15 is 0 Å². The lowest BCUT2D eigenvalue weighted by Crippen LogP contribution is -2.36. The second-order valence-corrected chi connectivity index (χ2v) is 23.9. The number of thioether (sulfide) groups is 3. The number of benzene rings is 2. The van der Waals surface area contributed by atoms with E-state index in [1.807, 2.05) is 46.4 Å². The third-order valence-electron chi connectivity index (χ3n) is 10.6. The highest BCUT2D eigenvalue weighted by molar-refractivity contribution is 8.14. The minimum absolute atomic E-state index is 0.251. The van der Waals surface area contributed by atoms with Crippen LogP contribution in [-0.2, 0) is 26.8 Å². The number of aromatic nitrogens is 1. The van der Waals surface area contributed by atoms with Gasteiger partial charge in [-0.3, -0.25) is 9.11 Å². The van der Waals surface area contributed by atoms with Crippen molar-refractivity contribution < 1.29 is 39.8 Å². The topological polar surface area (TPSA) is 131 Å². The van der Waals surface area contributed by atoms with Gasteiger partial charge in [0, 0.05) is 60.3 Å². The second-order valence-electron chi connectivity index (χ2n) is 14.6. The quantitative estimate of drug-likeness (QED) is 0.0721. The Kier molecular flexibility index (Phi) is 15.9. The average molecular weight is 993 g/mol. The summed E-state index contributed by atoms with van der Waals surface area (Å²) in [7, 11) is -6.54. The Labute approximate surface area is 389 Å². The van der Waals surface area contributed by atoms with Gasteiger partial charge < -0.3 is 14.5 Å². The van der Waals surface area contributed by atoms with Crippen LogP contribution >= 0.6 is 69.3 Å². The maximum atomic E-state index is 11.6. The van der Waals surface area contributed by atoms with Gasteiger partial charge in [-0.05, 0) is 78.8 Å². The number of fused-ring (bicyclic) bond motifs is 6. The van der Waals surface area contributed by atoms with E-state index in [0.29, 0.717) is 19.5 Å². The molecule has 11 nitrogen and oxygen atoms in total. The largest absolute Gasteiger partial charge is 0.496 e. The van der Waals surface area contributed by atoms with Gasteiger partial charge in [0.1, 0.15) is 21.7 Å². The van der Waals surface area contributed by atoms with Crippen LogP contribution in [0.25, 0.3) is 36.5 Å². The monoisotopic (exact) mass is 992 g/mol. The van der Waals surface area contributed by atoms with Crippen LogP contribution in [0.15, 0.2) is 85.9 Å². The van der Waals surface area contributed by atoms with Crippen molar-refractivity contribution in [3.63, 3.8) is 0 Å². The molecule has 3 aliphatic rings. The molecule has 0 saturated carbocycles. The molecule has 62 heavy (non-hydrogen) atoms. The minimum Gasteiger partial charge on any atom is -0.496 e. The number of thiazole rings is 1. The molecular weight excluding hydrogens is 941 g/mol. The zero-order chi connectivity index (χ0) is 44.0. The predicted octanol–water partition coefficient (Wildman–Crippen LogP) is 10.1. The third-order valence-corrected chi connectivity index (χ3v) is 18.4. The van der Waals surface area contributed by atoms with Crippen LogP contribution < -0.4 is 14.2 Å². The minimum atomic E-state index is -4.10. The van der Waals surface area contributed by atoms with E-state index in [-0.39, 0.29) is 24.3 Å². The van der Waals surface area contributed by atoms with E-state index in [9.17, 15) is 25.9 Å². The van der Waals surface area contributed by atoms with Gasteiger partial charge in [0.25, 0.3) is 25.2 Å². The summed E-state index contributed by atoms with van der Waals surface area (Å²) in [6, 6.07) is 10.3. The van der Waals surface area contributed by atoms with Crippen LogP contribution in [-0.4, -0.2) is 103 Å². The molecule has 0 aliphatic carbocycles. The summed E-state index contributed by atoms with van der Waals surface area (Å²) in [5.41, 5.74) is 3.10. The molecular formula is C43H52N4O7S8+2. The van der Waals surface area contributed by atoms with Crippen molar-refractivity contribution in [2.75, 3.05) is 67.7 Å². The lowest BCUT2D eigenvalue weighted by molar-refractivity contribution is -0.667. The molecule has 0 atom stereocenters. The van der Waals surface area contributed by atoms with Gasteiger partial charge in [0.15, 0.2) is 13.1 Å². The number of nitrogens with zero attached hydrogens (tertiary/aromatic N) is 4. The van der Waals surface area contributed by atoms with Crippen LogP contribution in [0.1, 0.15) is 45.0 Å². The van der Waals surface area contributed by atoms with Crippen molar-refractivity contribution >= 4 is 137 Å². The molecule has 6 heterocycles. The van der Waals surface area contributed by atoms with E-state index in [4.69, 9.17) is 4.74 Å². The second kappa shape index (κ2) is 21.0. The van der Waals surface area contributed by atoms with Gasteiger partial charge in [0.05, 0.1) is 44.8 Å². The fourth-order valence-electron chi connectivity index (χ4n) is 7.56. The van der Waals surface area contributed by atoms with Crippen LogP contribution in [0.4, 0.5) is 5.69 Å². The first-order valence-electron chi connectivity index (χ1n) is 20.5. The molecule has 0 amide bonds. The molecule has 2 aromatic carbocycles. The van der Waals surface area contributed by atoms with Crippen molar-refractivity contribution in [3.05, 3.63) is 86.0 Å². The van der Waals surface area contributed by atoms with E-state index in [2.05, 4.69) is 88.3 Å². The first-order valence-corrected chi connectivity index (χ1v) is 29.1. The Morgan fingerprint density at radius 2 is 1.71 bits per heavy atom. The average Bonchev–Trinajstić information content (AvgIpc) is 4.09. The molecule has 0 spiro atoms. The highest BCUT2D eigenvalue weighted by atomic mass is 32.2. The standard InChI is InChI=1S/C30H30N2O7S6.C13H21N2S2/c1-3-19(16-25-31(10-4-14-44(33,34)35)27-23(42-25)7-6-20-8-12-40-29(20)27)17-26-32(11-5-15-45(36,37)38)28-24(43-26)18-22(39-2)21-9-13-41-30(21)28;1-3-14-8-10-16-12(14)6-5-7-13-15(4-2)9-11-17-13/h6-9,12-13,16-18H,3-5,10-11,14-15H2,1-2H3,(H-,33,34,35,36,37,38);5-7H,3-4,8-11H2,1-2H3/q;+1/p+1. The molecule has 5 aromatic rings. The van der Waals surface area contributed by atoms with E-state index in [0.717, 1.165) is 75.4 Å². The molecule has 19 heteroatoms. The fourth-order valence-corrected chi connectivity index (χ4v) is 15.2. The summed E-state index contributed by atoms with van der Waals surface area (Å²) < 4.78 is 78.4. The SMILES string of the molecule is CCC(/C=C1\Sc2ccc3ccsc3c2N1CCCS(=O)(=O)O)=C\c1sc2cc(OC)c3ccsc3c2[n+]1CCCS(=O)(=O)O.CCN1CCS/C1=C/C=C/C1=[N+](CC)CCS1. The van der Waals surface area contributed by atoms with Crippen molar-refractivity contribution in [1.82, 2.24) is 4.90 Å². The molecule has 0 bridgehead atoms. The van der Waals surface area contributed by atoms with Gasteiger partial charge in [-0.15, -0.1) is 34.4 Å². The number of allylic oxidation sites excluding steroid dienone is 4. The summed E-state index contributed by atoms with van der Waals surface area (Å²) in [5, 5.41) is 10.9. The number of hydrogen-bond donors (Lipinski definition) is 2. The number of anilines is 1. The van der Waals surface area contributed by atoms with Crippen LogP contribution in [0.5, 0.6) is 5.75 Å². The van der Waals surface area contributed by atoms with Crippen LogP contribution in [0, 0.1) is 0 Å². The Hall–Kier alpha value is -2.85. The third kappa shape index (κ3) is 11.3. The van der Waals surface area contributed by atoms with Crippen LogP contribution in [0.3, 0.4) is 0 Å². The maximum absolute atomic E-state index is 11.6. The number of ether oxygens (including phenoxy) is 1. The Balaban J connectivity index is 0.000000284. The molecule has 2 N–H and O–H groups in total. The molecule has 0 unspecified atom stereocenters. The smallest absolute Gasteiger partial charge is 0.265 e. The number of aryl methyl sites for hydroxylation is 1. The van der Waals surface area contributed by atoms with E-state index in [1.165, 1.54) is 34.7 Å². The van der Waals surface area contributed by atoms with Crippen molar-refractivity contribution in [2.45, 2.75) is 51.5 Å². The zero-order valence-electron chi connectivity index (χ0n) is 35.1. The zero-order valence-corrected chi connectivity index (χ0v) is 41.6. The lowest BCUT2D eigenvalue weighted by Gasteiger charge is -2.21. The summed E-state index contributed by atoms with van der Waals surface area (Å²) in [4.78, 5) is 5.69. The summed E-state index contributed by atoms with van der Waals surface area (Å²) in [5.74, 6) is 2.60. The van der Waals surface area contributed by atoms with Gasteiger partial charge in [0.2, 0.25) is 10.6 Å². The summed E-state index contributed by atoms with van der Waals surface area (Å²) in [6.07, 6.45) is 12.2. The van der Waals surface area contributed by atoms with Crippen molar-refractivity contribution in [1.29, 1.82) is 0 Å². The normalized spacial score (nSPS) is 17.5. The molecule has 1 saturated heterocycles. The summed E-state index contributed by atoms with van der Waals surface area (Å²) >= 11 is 10.4. The molecule has 1 fully saturated rings. The fraction of sp³-hybridized carbons (Fsp3) is 0.395. The highest BCUT2D eigenvalue weighted by Crippen LogP contribution is 2.51. The van der Waals surface area contributed by atoms with E-state index < -0.39 is 20.2 Å². The number of hydrogen-bond acceptors (Lipinski definition) is 13. The Bertz CT molecular complexity index is 2820. The number of rotatable bonds is 16. The predicted molar refractivity (Wildman–Crippen MR) is 267 cm³/mol. The molecule has 3 aromatic heterocycles. The van der Waals surface area contributed by atoms with Crippen molar-refractivity contribution in [2.24, 2.45) is 0 Å². The molecule has 332 valence electrons. The molecule has 3 aliphatic heterocycles. The highest BCUT2D eigenvalue weighted by Gasteiger charge is 2.30. The van der Waals surface area contributed by atoms with Crippen LogP contribution in [0.2, 0.25) is 0 Å². The van der Waals surface area contributed by atoms with Gasteiger partial charge in [-0.1, -0.05) is 53.9 Å². The van der Waals surface area contributed by atoms with Gasteiger partial charge in [-0.25, -0.2) is 4.58 Å². The first kappa shape index (κ1) is 47.1. The number of thiophene rings is 2. The molecule has 8 rings (SSSR count). The molecule has 0 radical (unpaired) electrons. The van der Waals surface area contributed by atoms with Crippen molar-refractivity contribution in [3.8, 4) is 5.75 Å². The maximum Gasteiger partial charge on any atom is 0.265 e. The number of methoxy groups -OCH3 is 1. The lowest BCUT2D eigenvalue weighted by atomic mass is 10.1.